The van der Waals surface area contributed by atoms with E-state index in [1.807, 2.05) is 0 Å². The van der Waals surface area contributed by atoms with Crippen LogP contribution in [0.5, 0.6) is 0 Å². The van der Waals surface area contributed by atoms with Gasteiger partial charge in [-0.05, 0) is 53.4 Å². The number of rotatable bonds is 16. The summed E-state index contributed by atoms with van der Waals surface area (Å²) in [6.45, 7) is 18.0. The standard InChI is InChI=1S/C28H28B.C16H36P/c1-21-5-13-25(14-6-21)29(26-15-7-22(2)8-16-26,27-17-9-23(3)10-18-27)28-19-11-24(4)12-20-28;1-5-9-13-17(14-10-6-2,15-11-7-3)16-12-8-4/h5-20H,1-4H3;5-16H2,1-4H3/q-1;+1. The van der Waals surface area contributed by atoms with Crippen LogP contribution < -0.4 is 21.9 Å². The van der Waals surface area contributed by atoms with Crippen LogP contribution in [0.15, 0.2) is 97.1 Å². The molecule has 46 heavy (non-hydrogen) atoms. The minimum atomic E-state index is -1.27. The van der Waals surface area contributed by atoms with E-state index >= 15 is 0 Å². The monoisotopic (exact) mass is 634 g/mol. The lowest BCUT2D eigenvalue weighted by atomic mass is 9.13. The SMILES string of the molecule is CCCC[P+](CCCC)(CCCC)CCCC.Cc1ccc([B-](c2ccc(C)cc2)(c2ccc(C)cc2)c2ccc(C)cc2)cc1. The largest absolute Gasteiger partial charge is 0.195 e. The van der Waals surface area contributed by atoms with Crippen molar-refractivity contribution in [1.29, 1.82) is 0 Å². The molecule has 0 nitrogen and oxygen atoms in total. The van der Waals surface area contributed by atoms with Crippen molar-refractivity contribution in [2.24, 2.45) is 0 Å². The molecule has 4 rings (SSSR count). The van der Waals surface area contributed by atoms with E-state index in [0.717, 1.165) is 0 Å². The maximum atomic E-state index is 2.36. The summed E-state index contributed by atoms with van der Waals surface area (Å²) in [5.41, 5.74) is 10.6. The Kier molecular flexibility index (Phi) is 15.8. The third kappa shape index (κ3) is 10.2. The zero-order valence-corrected chi connectivity index (χ0v) is 31.6. The van der Waals surface area contributed by atoms with Gasteiger partial charge in [0.25, 0.3) is 0 Å². The van der Waals surface area contributed by atoms with E-state index < -0.39 is 13.4 Å². The highest BCUT2D eigenvalue weighted by Crippen LogP contribution is 2.61. The first-order valence-electron chi connectivity index (χ1n) is 18.5. The highest BCUT2D eigenvalue weighted by atomic mass is 31.2. The van der Waals surface area contributed by atoms with Gasteiger partial charge in [0.2, 0.25) is 0 Å². The minimum Gasteiger partial charge on any atom is -0.195 e. The molecule has 0 saturated carbocycles. The summed E-state index contributed by atoms with van der Waals surface area (Å²) >= 11 is 0. The average molecular weight is 635 g/mol. The van der Waals surface area contributed by atoms with E-state index in [0.29, 0.717) is 0 Å². The number of unbranched alkanes of at least 4 members (excludes halogenated alkanes) is 4. The van der Waals surface area contributed by atoms with Crippen LogP contribution in [0, 0.1) is 27.7 Å². The van der Waals surface area contributed by atoms with Gasteiger partial charge < -0.3 is 0 Å². The van der Waals surface area contributed by atoms with Crippen LogP contribution in [0.2, 0.25) is 0 Å². The highest BCUT2D eigenvalue weighted by Gasteiger charge is 2.34. The molecule has 0 saturated heterocycles. The molecule has 0 aliphatic rings. The summed E-state index contributed by atoms with van der Waals surface area (Å²) in [5, 5.41) is 0. The van der Waals surface area contributed by atoms with Crippen LogP contribution in [0.4, 0.5) is 0 Å². The normalized spacial score (nSPS) is 11.7. The number of hydrogen-bond acceptors (Lipinski definition) is 0. The summed E-state index contributed by atoms with van der Waals surface area (Å²) in [7, 11) is -0.562. The second-order valence-electron chi connectivity index (χ2n) is 14.2. The maximum absolute atomic E-state index is 2.36. The van der Waals surface area contributed by atoms with Crippen molar-refractivity contribution in [1.82, 2.24) is 0 Å². The van der Waals surface area contributed by atoms with Crippen molar-refractivity contribution >= 4 is 35.3 Å². The first-order chi connectivity index (χ1) is 22.2. The summed E-state index contributed by atoms with van der Waals surface area (Å²) in [5.74, 6) is 0. The quantitative estimate of drug-likeness (QED) is 0.0850. The molecule has 0 amide bonds. The Morgan fingerprint density at radius 2 is 0.543 bits per heavy atom. The fraction of sp³-hybridized carbons (Fsp3) is 0.455. The molecule has 0 spiro atoms. The van der Waals surface area contributed by atoms with Gasteiger partial charge in [-0.2, -0.15) is 21.9 Å². The molecule has 248 valence electrons. The molecule has 0 aromatic heterocycles. The molecular weight excluding hydrogens is 570 g/mol. The molecule has 0 fully saturated rings. The van der Waals surface area contributed by atoms with E-state index in [2.05, 4.69) is 152 Å². The van der Waals surface area contributed by atoms with Crippen LogP contribution in [-0.2, 0) is 0 Å². The summed E-state index contributed by atoms with van der Waals surface area (Å²) in [6.07, 6.45) is 16.7. The Balaban J connectivity index is 0.000000292. The van der Waals surface area contributed by atoms with Crippen molar-refractivity contribution in [3.8, 4) is 0 Å². The summed E-state index contributed by atoms with van der Waals surface area (Å²) < 4.78 is 0. The van der Waals surface area contributed by atoms with Crippen molar-refractivity contribution in [2.45, 2.75) is 107 Å². The third-order valence-corrected chi connectivity index (χ3v) is 15.3. The van der Waals surface area contributed by atoms with E-state index in [-0.39, 0.29) is 0 Å². The van der Waals surface area contributed by atoms with Crippen molar-refractivity contribution in [2.75, 3.05) is 24.6 Å². The van der Waals surface area contributed by atoms with E-state index in [4.69, 9.17) is 0 Å². The number of aryl methyl sites for hydroxylation is 4. The van der Waals surface area contributed by atoms with Gasteiger partial charge in [0.05, 0.1) is 24.6 Å². The molecule has 0 aliphatic carbocycles. The lowest BCUT2D eigenvalue weighted by molar-refractivity contribution is 0.814. The minimum absolute atomic E-state index is 0.562. The Bertz CT molecular complexity index is 1160. The first kappa shape index (κ1) is 37.8. The van der Waals surface area contributed by atoms with Gasteiger partial charge in [-0.1, -0.05) is 173 Å². The molecule has 0 atom stereocenters. The number of benzene rings is 4. The van der Waals surface area contributed by atoms with Crippen LogP contribution in [0.1, 0.15) is 101 Å². The fourth-order valence-electron chi connectivity index (χ4n) is 7.22. The number of hydrogen-bond donors (Lipinski definition) is 0. The molecule has 0 unspecified atom stereocenters. The molecule has 2 heteroatoms. The van der Waals surface area contributed by atoms with Crippen LogP contribution in [-0.4, -0.2) is 30.8 Å². The molecule has 0 N–H and O–H groups in total. The summed E-state index contributed by atoms with van der Waals surface area (Å²) in [6, 6.07) is 36.4. The Morgan fingerprint density at radius 1 is 0.348 bits per heavy atom. The molecule has 4 aromatic carbocycles. The predicted molar refractivity (Wildman–Crippen MR) is 215 cm³/mol. The topological polar surface area (TPSA) is 0 Å². The van der Waals surface area contributed by atoms with E-state index in [9.17, 15) is 0 Å². The zero-order valence-electron chi connectivity index (χ0n) is 30.7. The lowest BCUT2D eigenvalue weighted by Crippen LogP contribution is -2.74. The van der Waals surface area contributed by atoms with Gasteiger partial charge in [0.1, 0.15) is 6.15 Å². The smallest absolute Gasteiger partial charge is 0.108 e. The van der Waals surface area contributed by atoms with Crippen molar-refractivity contribution in [3.63, 3.8) is 0 Å². The molecule has 0 bridgehead atoms. The second-order valence-corrected chi connectivity index (χ2v) is 18.6. The van der Waals surface area contributed by atoms with Gasteiger partial charge in [0, 0.05) is 7.26 Å². The van der Waals surface area contributed by atoms with Crippen molar-refractivity contribution in [3.05, 3.63) is 119 Å². The van der Waals surface area contributed by atoms with E-state index in [1.165, 1.54) is 95.5 Å². The molecule has 4 aromatic rings. The lowest BCUT2D eigenvalue weighted by Gasteiger charge is -2.44. The second kappa shape index (κ2) is 19.3. The van der Waals surface area contributed by atoms with E-state index in [1.54, 1.807) is 24.6 Å². The van der Waals surface area contributed by atoms with Crippen molar-refractivity contribution < 1.29 is 0 Å². The highest BCUT2D eigenvalue weighted by molar-refractivity contribution is 7.75. The van der Waals surface area contributed by atoms with Crippen LogP contribution in [0.25, 0.3) is 0 Å². The molecule has 0 radical (unpaired) electrons. The molecule has 0 aliphatic heterocycles. The first-order valence-corrected chi connectivity index (χ1v) is 21.1. The summed E-state index contributed by atoms with van der Waals surface area (Å²) in [4.78, 5) is 0. The maximum Gasteiger partial charge on any atom is 0.108 e. The third-order valence-electron chi connectivity index (χ3n) is 10.3. The van der Waals surface area contributed by atoms with Crippen LogP contribution in [0.3, 0.4) is 0 Å². The van der Waals surface area contributed by atoms with Crippen LogP contribution >= 0.6 is 7.26 Å². The molecular formula is C44H64BP. The fourth-order valence-corrected chi connectivity index (χ4v) is 12.5. The van der Waals surface area contributed by atoms with Gasteiger partial charge in [0.15, 0.2) is 0 Å². The predicted octanol–water partition coefficient (Wildman–Crippen LogP) is 10.5. The van der Waals surface area contributed by atoms with Gasteiger partial charge in [-0.3, -0.25) is 0 Å². The van der Waals surface area contributed by atoms with Gasteiger partial charge in [-0.15, -0.1) is 0 Å². The van der Waals surface area contributed by atoms with Gasteiger partial charge in [-0.25, -0.2) is 0 Å². The zero-order chi connectivity index (χ0) is 33.4. The average Bonchev–Trinajstić information content (AvgIpc) is 3.07. The Morgan fingerprint density at radius 3 is 0.717 bits per heavy atom. The Hall–Kier alpha value is -2.63. The molecule has 0 heterocycles. The van der Waals surface area contributed by atoms with Gasteiger partial charge >= 0.3 is 0 Å². The Labute approximate surface area is 285 Å².